The Kier molecular flexibility index (Phi) is 3.13. The molecule has 2 rings (SSSR count). The second-order valence-electron chi connectivity index (χ2n) is 3.24. The third-order valence-corrected chi connectivity index (χ3v) is 2.04. The molecule has 16 heavy (non-hydrogen) atoms. The number of nitrogens with one attached hydrogen (secondary N) is 2. The first kappa shape index (κ1) is 10.6. The summed E-state index contributed by atoms with van der Waals surface area (Å²) in [6.07, 6.45) is 0. The Labute approximate surface area is 91.4 Å². The average molecular weight is 222 g/mol. The lowest BCUT2D eigenvalue weighted by atomic mass is 10.1. The molecular formula is C10H10N2O4. The van der Waals surface area contributed by atoms with Crippen LogP contribution in [-0.4, -0.2) is 11.9 Å². The normalized spacial score (nSPS) is 17.0. The average Bonchev–Trinajstić information content (AvgIpc) is 2.30. The van der Waals surface area contributed by atoms with Crippen LogP contribution in [0.25, 0.3) is 0 Å². The molecule has 0 saturated heterocycles. The van der Waals surface area contributed by atoms with E-state index in [9.17, 15) is 9.59 Å². The molecule has 6 nitrogen and oxygen atoms in total. The molecule has 2 bridgehead atoms. The lowest BCUT2D eigenvalue weighted by molar-refractivity contribution is -0.177. The highest BCUT2D eigenvalue weighted by Gasteiger charge is 2.18. The first-order chi connectivity index (χ1) is 7.75. The first-order valence-corrected chi connectivity index (χ1v) is 4.71. The van der Waals surface area contributed by atoms with E-state index in [-0.39, 0.29) is 0 Å². The minimum Gasteiger partial charge on any atom is -0.361 e. The summed E-state index contributed by atoms with van der Waals surface area (Å²) < 4.78 is 0. The van der Waals surface area contributed by atoms with Gasteiger partial charge in [0.1, 0.15) is 0 Å². The number of carbonyl (C=O) groups excluding carboxylic acids is 2. The summed E-state index contributed by atoms with van der Waals surface area (Å²) in [4.78, 5) is 30.9. The second kappa shape index (κ2) is 4.73. The highest BCUT2D eigenvalue weighted by molar-refractivity contribution is 6.29. The van der Waals surface area contributed by atoms with Crippen LogP contribution in [0.2, 0.25) is 0 Å². The molecule has 0 aromatic heterocycles. The lowest BCUT2D eigenvalue weighted by Crippen LogP contribution is -2.30. The van der Waals surface area contributed by atoms with Gasteiger partial charge in [0.25, 0.3) is 0 Å². The summed E-state index contributed by atoms with van der Waals surface area (Å²) in [5, 5.41) is 0. The fourth-order valence-corrected chi connectivity index (χ4v) is 1.30. The Morgan fingerprint density at radius 2 is 1.44 bits per heavy atom. The van der Waals surface area contributed by atoms with Crippen LogP contribution >= 0.6 is 0 Å². The molecule has 0 aliphatic carbocycles. The molecule has 1 aliphatic rings. The van der Waals surface area contributed by atoms with Gasteiger partial charge in [-0.05, 0) is 11.1 Å². The first-order valence-electron chi connectivity index (χ1n) is 4.71. The summed E-state index contributed by atoms with van der Waals surface area (Å²) in [6.45, 7) is 0.680. The van der Waals surface area contributed by atoms with E-state index in [1.54, 1.807) is 0 Å². The van der Waals surface area contributed by atoms with Gasteiger partial charge in [0.05, 0.1) is 13.1 Å². The number of benzene rings is 1. The molecule has 6 heteroatoms. The standard InChI is InChI=1S/C10H10N2O4/c13-9-10(14)16-12-6-8-3-1-2-7(4-8)5-11-15-9/h1-4,11-12H,5-6H2. The molecule has 1 aromatic rings. The molecule has 0 atom stereocenters. The van der Waals surface area contributed by atoms with Crippen LogP contribution < -0.4 is 11.0 Å². The zero-order chi connectivity index (χ0) is 11.4. The number of hydrogen-bond acceptors (Lipinski definition) is 6. The summed E-state index contributed by atoms with van der Waals surface area (Å²) in [7, 11) is 0. The maximum Gasteiger partial charge on any atom is 0.437 e. The number of carbonyl (C=O) groups is 2. The molecule has 0 saturated carbocycles. The Balaban J connectivity index is 2.14. The number of rotatable bonds is 0. The van der Waals surface area contributed by atoms with Crippen molar-refractivity contribution >= 4 is 11.9 Å². The molecular weight excluding hydrogens is 212 g/mol. The summed E-state index contributed by atoms with van der Waals surface area (Å²) in [5.74, 6) is -2.16. The zero-order valence-electron chi connectivity index (χ0n) is 8.36. The summed E-state index contributed by atoms with van der Waals surface area (Å²) >= 11 is 0. The second-order valence-corrected chi connectivity index (χ2v) is 3.24. The molecule has 84 valence electrons. The molecule has 0 unspecified atom stereocenters. The quantitative estimate of drug-likeness (QED) is 0.592. The predicted molar refractivity (Wildman–Crippen MR) is 52.3 cm³/mol. The van der Waals surface area contributed by atoms with E-state index in [4.69, 9.17) is 0 Å². The number of fused-ring (bicyclic) bond motifs is 2. The van der Waals surface area contributed by atoms with E-state index in [1.807, 2.05) is 24.3 Å². The van der Waals surface area contributed by atoms with Crippen LogP contribution in [0.4, 0.5) is 0 Å². The van der Waals surface area contributed by atoms with Gasteiger partial charge in [0.15, 0.2) is 0 Å². The summed E-state index contributed by atoms with van der Waals surface area (Å²) in [6, 6.07) is 7.54. The highest BCUT2D eigenvalue weighted by atomic mass is 16.7. The van der Waals surface area contributed by atoms with E-state index >= 15 is 0 Å². The third kappa shape index (κ3) is 2.56. The van der Waals surface area contributed by atoms with E-state index in [2.05, 4.69) is 20.6 Å². The van der Waals surface area contributed by atoms with Crippen molar-refractivity contribution in [3.63, 3.8) is 0 Å². The fraction of sp³-hybridized carbons (Fsp3) is 0.200. The van der Waals surface area contributed by atoms with Crippen LogP contribution in [0.3, 0.4) is 0 Å². The van der Waals surface area contributed by atoms with Gasteiger partial charge in [-0.2, -0.15) is 0 Å². The molecule has 0 amide bonds. The van der Waals surface area contributed by atoms with Gasteiger partial charge in [0, 0.05) is 0 Å². The van der Waals surface area contributed by atoms with Crippen LogP contribution in [0.5, 0.6) is 0 Å². The lowest BCUT2D eigenvalue weighted by Gasteiger charge is -2.03. The van der Waals surface area contributed by atoms with Gasteiger partial charge in [-0.3, -0.25) is 0 Å². The van der Waals surface area contributed by atoms with E-state index in [0.29, 0.717) is 13.1 Å². The van der Waals surface area contributed by atoms with Crippen molar-refractivity contribution in [1.29, 1.82) is 0 Å². The van der Waals surface area contributed by atoms with Gasteiger partial charge in [-0.1, -0.05) is 24.3 Å². The minimum atomic E-state index is -1.08. The predicted octanol–water partition coefficient (Wildman–Crippen LogP) is -0.204. The zero-order valence-corrected chi connectivity index (χ0v) is 8.36. The van der Waals surface area contributed by atoms with Gasteiger partial charge >= 0.3 is 11.9 Å². The van der Waals surface area contributed by atoms with Crippen LogP contribution in [-0.2, 0) is 32.4 Å². The Morgan fingerprint density at radius 1 is 0.938 bits per heavy atom. The van der Waals surface area contributed by atoms with Gasteiger partial charge in [-0.25, -0.2) is 9.59 Å². The highest BCUT2D eigenvalue weighted by Crippen LogP contribution is 2.05. The molecule has 1 aliphatic heterocycles. The van der Waals surface area contributed by atoms with Crippen molar-refractivity contribution in [2.24, 2.45) is 0 Å². The molecule has 2 N–H and O–H groups in total. The molecule has 0 radical (unpaired) electrons. The van der Waals surface area contributed by atoms with Crippen molar-refractivity contribution in [2.45, 2.75) is 13.1 Å². The van der Waals surface area contributed by atoms with Crippen molar-refractivity contribution in [3.8, 4) is 0 Å². The maximum absolute atomic E-state index is 11.0. The van der Waals surface area contributed by atoms with Crippen LogP contribution in [0.1, 0.15) is 11.1 Å². The number of hydroxylamine groups is 2. The maximum atomic E-state index is 11.0. The van der Waals surface area contributed by atoms with Gasteiger partial charge in [0.2, 0.25) is 0 Å². The van der Waals surface area contributed by atoms with Gasteiger partial charge < -0.3 is 9.68 Å². The SMILES string of the molecule is O=C1ONCc2cccc(c2)CNOC1=O. The monoisotopic (exact) mass is 222 g/mol. The Hall–Kier alpha value is -1.92. The number of hydrogen-bond donors (Lipinski definition) is 2. The van der Waals surface area contributed by atoms with Crippen molar-refractivity contribution in [2.75, 3.05) is 0 Å². The van der Waals surface area contributed by atoms with E-state index in [0.717, 1.165) is 11.1 Å². The topological polar surface area (TPSA) is 76.7 Å². The van der Waals surface area contributed by atoms with Crippen LogP contribution in [0.15, 0.2) is 24.3 Å². The molecule has 1 heterocycles. The van der Waals surface area contributed by atoms with E-state index < -0.39 is 11.9 Å². The Morgan fingerprint density at radius 3 is 1.94 bits per heavy atom. The van der Waals surface area contributed by atoms with Crippen molar-refractivity contribution < 1.29 is 19.3 Å². The van der Waals surface area contributed by atoms with E-state index in [1.165, 1.54) is 0 Å². The van der Waals surface area contributed by atoms with Crippen molar-refractivity contribution in [1.82, 2.24) is 11.0 Å². The molecule has 0 spiro atoms. The molecule has 1 aromatic carbocycles. The fourth-order valence-electron chi connectivity index (χ4n) is 1.30. The van der Waals surface area contributed by atoms with Crippen LogP contribution in [0, 0.1) is 0 Å². The third-order valence-electron chi connectivity index (χ3n) is 2.04. The molecule has 0 fully saturated rings. The van der Waals surface area contributed by atoms with Gasteiger partial charge in [-0.15, -0.1) is 11.0 Å². The van der Waals surface area contributed by atoms with Crippen molar-refractivity contribution in [3.05, 3.63) is 35.4 Å². The largest absolute Gasteiger partial charge is 0.437 e. The summed E-state index contributed by atoms with van der Waals surface area (Å²) in [5.41, 5.74) is 6.68. The minimum absolute atomic E-state index is 0.340. The smallest absolute Gasteiger partial charge is 0.361 e. The Bertz CT molecular complexity index is 384.